The van der Waals surface area contributed by atoms with Gasteiger partial charge in [-0.05, 0) is 45.2 Å². The van der Waals surface area contributed by atoms with Gasteiger partial charge in [0.05, 0.1) is 6.54 Å². The summed E-state index contributed by atoms with van der Waals surface area (Å²) in [6.07, 6.45) is 2.43. The van der Waals surface area contributed by atoms with E-state index in [9.17, 15) is 0 Å². The monoisotopic (exact) mass is 499 g/mol. The fraction of sp³-hybridized carbons (Fsp3) is 0.682. The molecule has 0 aromatic heterocycles. The predicted molar refractivity (Wildman–Crippen MR) is 130 cm³/mol. The Bertz CT molecular complexity index is 586. The summed E-state index contributed by atoms with van der Waals surface area (Å²) < 4.78 is 0. The van der Waals surface area contributed by atoms with Crippen LogP contribution in [-0.2, 0) is 6.42 Å². The van der Waals surface area contributed by atoms with Gasteiger partial charge in [0.25, 0.3) is 0 Å². The predicted octanol–water partition coefficient (Wildman–Crippen LogP) is 2.77. The summed E-state index contributed by atoms with van der Waals surface area (Å²) in [5, 5.41) is 3.52. The van der Waals surface area contributed by atoms with Gasteiger partial charge >= 0.3 is 0 Å². The third kappa shape index (κ3) is 6.88. The quantitative estimate of drug-likeness (QED) is 0.371. The minimum absolute atomic E-state index is 0. The number of nitrogens with one attached hydrogen (secondary N) is 1. The molecular formula is C22H38IN5. The zero-order chi connectivity index (χ0) is 19.1. The van der Waals surface area contributed by atoms with Crippen molar-refractivity contribution in [3.8, 4) is 0 Å². The number of nitrogens with zero attached hydrogens (tertiary/aromatic N) is 4. The van der Waals surface area contributed by atoms with Crippen molar-refractivity contribution in [1.82, 2.24) is 20.0 Å². The van der Waals surface area contributed by atoms with Gasteiger partial charge < -0.3 is 15.1 Å². The standard InChI is InChI=1S/C22H37N5.HI/c1-4-23-22(24-17-19(2)26-14-12-25(3)13-15-26)27-11-10-21(18-27)16-20-8-6-5-7-9-20;/h5-9,19,21H,4,10-18H2,1-3H3,(H,23,24);1H. The van der Waals surface area contributed by atoms with E-state index in [0.717, 1.165) is 51.1 Å². The lowest BCUT2D eigenvalue weighted by Crippen LogP contribution is -2.49. The number of halogens is 1. The maximum atomic E-state index is 5.01. The number of piperazine rings is 1. The van der Waals surface area contributed by atoms with Crippen LogP contribution in [0.5, 0.6) is 0 Å². The molecule has 2 aliphatic rings. The first kappa shape index (κ1) is 23.4. The molecule has 1 aromatic rings. The van der Waals surface area contributed by atoms with Crippen LogP contribution in [0.1, 0.15) is 25.8 Å². The van der Waals surface area contributed by atoms with Crippen LogP contribution in [0.15, 0.2) is 35.3 Å². The molecule has 3 rings (SSSR count). The minimum atomic E-state index is 0. The van der Waals surface area contributed by atoms with Gasteiger partial charge in [0.1, 0.15) is 0 Å². The van der Waals surface area contributed by atoms with Crippen LogP contribution in [0.25, 0.3) is 0 Å². The molecular weight excluding hydrogens is 461 g/mol. The third-order valence-electron chi connectivity index (χ3n) is 5.95. The van der Waals surface area contributed by atoms with Crippen LogP contribution < -0.4 is 5.32 Å². The van der Waals surface area contributed by atoms with Crippen molar-refractivity contribution in [2.75, 3.05) is 59.4 Å². The Morgan fingerprint density at radius 2 is 1.86 bits per heavy atom. The van der Waals surface area contributed by atoms with Crippen LogP contribution in [0.3, 0.4) is 0 Å². The molecule has 2 heterocycles. The highest BCUT2D eigenvalue weighted by atomic mass is 127. The Kier molecular flexibility index (Phi) is 10.0. The topological polar surface area (TPSA) is 34.1 Å². The van der Waals surface area contributed by atoms with Gasteiger partial charge in [0.15, 0.2) is 5.96 Å². The Hall–Kier alpha value is -0.860. The number of hydrogen-bond donors (Lipinski definition) is 1. The van der Waals surface area contributed by atoms with E-state index in [1.807, 2.05) is 0 Å². The highest BCUT2D eigenvalue weighted by Gasteiger charge is 2.25. The molecule has 1 aromatic carbocycles. The highest BCUT2D eigenvalue weighted by Crippen LogP contribution is 2.21. The fourth-order valence-corrected chi connectivity index (χ4v) is 4.16. The summed E-state index contributed by atoms with van der Waals surface area (Å²) in [5.74, 6) is 1.83. The Labute approximate surface area is 188 Å². The molecule has 28 heavy (non-hydrogen) atoms. The lowest BCUT2D eigenvalue weighted by Gasteiger charge is -2.36. The molecule has 2 unspecified atom stereocenters. The maximum Gasteiger partial charge on any atom is 0.193 e. The van der Waals surface area contributed by atoms with E-state index in [1.54, 1.807) is 0 Å². The van der Waals surface area contributed by atoms with E-state index in [2.05, 4.69) is 71.2 Å². The van der Waals surface area contributed by atoms with E-state index in [4.69, 9.17) is 4.99 Å². The normalized spacial score (nSPS) is 22.8. The largest absolute Gasteiger partial charge is 0.357 e. The van der Waals surface area contributed by atoms with Crippen molar-refractivity contribution in [2.24, 2.45) is 10.9 Å². The van der Waals surface area contributed by atoms with Crippen LogP contribution in [0.2, 0.25) is 0 Å². The number of aliphatic imine (C=N–C) groups is 1. The van der Waals surface area contributed by atoms with Crippen molar-refractivity contribution >= 4 is 29.9 Å². The smallest absolute Gasteiger partial charge is 0.193 e. The Balaban J connectivity index is 0.00000280. The molecule has 158 valence electrons. The Morgan fingerprint density at radius 3 is 2.54 bits per heavy atom. The lowest BCUT2D eigenvalue weighted by molar-refractivity contribution is 0.122. The Morgan fingerprint density at radius 1 is 1.14 bits per heavy atom. The van der Waals surface area contributed by atoms with Gasteiger partial charge in [-0.15, -0.1) is 24.0 Å². The lowest BCUT2D eigenvalue weighted by atomic mass is 9.99. The molecule has 0 amide bonds. The van der Waals surface area contributed by atoms with Gasteiger partial charge in [-0.25, -0.2) is 0 Å². The van der Waals surface area contributed by atoms with Gasteiger partial charge in [0.2, 0.25) is 0 Å². The molecule has 2 atom stereocenters. The zero-order valence-electron chi connectivity index (χ0n) is 17.8. The molecule has 0 aliphatic carbocycles. The second-order valence-electron chi connectivity index (χ2n) is 8.17. The molecule has 2 aliphatic heterocycles. The van der Waals surface area contributed by atoms with Crippen molar-refractivity contribution in [3.05, 3.63) is 35.9 Å². The van der Waals surface area contributed by atoms with Crippen LogP contribution in [0, 0.1) is 5.92 Å². The maximum absolute atomic E-state index is 5.01. The molecule has 0 spiro atoms. The average Bonchev–Trinajstić information content (AvgIpc) is 3.14. The van der Waals surface area contributed by atoms with Crippen molar-refractivity contribution < 1.29 is 0 Å². The van der Waals surface area contributed by atoms with E-state index in [0.29, 0.717) is 6.04 Å². The third-order valence-corrected chi connectivity index (χ3v) is 5.95. The summed E-state index contributed by atoms with van der Waals surface area (Å²) in [6.45, 7) is 13.2. The van der Waals surface area contributed by atoms with Crippen LogP contribution >= 0.6 is 24.0 Å². The molecule has 2 saturated heterocycles. The van der Waals surface area contributed by atoms with Gasteiger partial charge in [-0.3, -0.25) is 9.89 Å². The number of likely N-dealkylation sites (tertiary alicyclic amines) is 1. The van der Waals surface area contributed by atoms with Gasteiger partial charge in [-0.2, -0.15) is 0 Å². The first-order valence-corrected chi connectivity index (χ1v) is 10.7. The summed E-state index contributed by atoms with van der Waals surface area (Å²) >= 11 is 0. The number of guanidine groups is 1. The van der Waals surface area contributed by atoms with E-state index >= 15 is 0 Å². The van der Waals surface area contributed by atoms with E-state index in [-0.39, 0.29) is 24.0 Å². The number of benzene rings is 1. The molecule has 0 radical (unpaired) electrons. The number of likely N-dealkylation sites (N-methyl/N-ethyl adjacent to an activating group) is 1. The summed E-state index contributed by atoms with van der Waals surface area (Å²) in [4.78, 5) is 12.5. The SMILES string of the molecule is CCNC(=NCC(C)N1CCN(C)CC1)N1CCC(Cc2ccccc2)C1.I. The molecule has 1 N–H and O–H groups in total. The minimum Gasteiger partial charge on any atom is -0.357 e. The molecule has 5 nitrogen and oxygen atoms in total. The first-order chi connectivity index (χ1) is 13.2. The summed E-state index contributed by atoms with van der Waals surface area (Å²) in [7, 11) is 2.21. The first-order valence-electron chi connectivity index (χ1n) is 10.7. The van der Waals surface area contributed by atoms with E-state index in [1.165, 1.54) is 31.5 Å². The average molecular weight is 499 g/mol. The van der Waals surface area contributed by atoms with Crippen molar-refractivity contribution in [1.29, 1.82) is 0 Å². The summed E-state index contributed by atoms with van der Waals surface area (Å²) in [5.41, 5.74) is 1.45. The van der Waals surface area contributed by atoms with Crippen molar-refractivity contribution in [2.45, 2.75) is 32.7 Å². The highest BCUT2D eigenvalue weighted by molar-refractivity contribution is 14.0. The number of rotatable bonds is 6. The number of hydrogen-bond acceptors (Lipinski definition) is 3. The molecule has 0 bridgehead atoms. The molecule has 2 fully saturated rings. The van der Waals surface area contributed by atoms with Gasteiger partial charge in [0, 0.05) is 51.9 Å². The fourth-order valence-electron chi connectivity index (χ4n) is 4.16. The molecule has 6 heteroatoms. The van der Waals surface area contributed by atoms with Crippen LogP contribution in [0.4, 0.5) is 0 Å². The van der Waals surface area contributed by atoms with Gasteiger partial charge in [-0.1, -0.05) is 30.3 Å². The zero-order valence-corrected chi connectivity index (χ0v) is 20.1. The second kappa shape index (κ2) is 12.0. The van der Waals surface area contributed by atoms with E-state index < -0.39 is 0 Å². The molecule has 0 saturated carbocycles. The van der Waals surface area contributed by atoms with Crippen LogP contribution in [-0.4, -0.2) is 86.1 Å². The second-order valence-corrected chi connectivity index (χ2v) is 8.17. The summed E-state index contributed by atoms with van der Waals surface area (Å²) in [6, 6.07) is 11.4. The van der Waals surface area contributed by atoms with Crippen molar-refractivity contribution in [3.63, 3.8) is 0 Å².